The number of nitrogens with zero attached hydrogens (tertiary/aromatic N) is 1. The van der Waals surface area contributed by atoms with Gasteiger partial charge >= 0.3 is 0 Å². The fraction of sp³-hybridized carbons (Fsp3) is 0.909. The van der Waals surface area contributed by atoms with Gasteiger partial charge in [-0.15, -0.1) is 0 Å². The Morgan fingerprint density at radius 1 is 1.44 bits per heavy atom. The molecule has 0 unspecified atom stereocenters. The summed E-state index contributed by atoms with van der Waals surface area (Å²) in [5.41, 5.74) is 0. The average Bonchev–Trinajstić information content (AvgIpc) is 2.19. The van der Waals surface area contributed by atoms with Gasteiger partial charge < -0.3 is 5.32 Å². The molecule has 0 aromatic rings. The fourth-order valence-electron chi connectivity index (χ4n) is 2.17. The predicted molar refractivity (Wildman–Crippen MR) is 58.5 cm³/mol. The van der Waals surface area contributed by atoms with Crippen molar-refractivity contribution in [1.29, 1.82) is 0 Å². The summed E-state index contributed by atoms with van der Waals surface area (Å²) >= 11 is 0. The van der Waals surface area contributed by atoms with E-state index in [4.69, 9.17) is 0 Å². The lowest BCUT2D eigenvalue weighted by Gasteiger charge is -2.33. The minimum atomic E-state index is -2.59. The zero-order valence-corrected chi connectivity index (χ0v) is 9.72. The van der Waals surface area contributed by atoms with Crippen LogP contribution in [-0.2, 0) is 4.79 Å². The largest absolute Gasteiger partial charge is 0.359 e. The molecule has 0 radical (unpaired) electrons. The summed E-state index contributed by atoms with van der Waals surface area (Å²) in [5.74, 6) is -2.03. The second kappa shape index (κ2) is 6.13. The second-order valence-electron chi connectivity index (χ2n) is 4.65. The quantitative estimate of drug-likeness (QED) is 0.558. The lowest BCUT2D eigenvalue weighted by atomic mass is 9.93. The van der Waals surface area contributed by atoms with Crippen LogP contribution in [0.5, 0.6) is 0 Å². The summed E-state index contributed by atoms with van der Waals surface area (Å²) in [5, 5.41) is 2.63. The van der Waals surface area contributed by atoms with Gasteiger partial charge in [-0.25, -0.2) is 8.78 Å². The van der Waals surface area contributed by atoms with Crippen molar-refractivity contribution in [1.82, 2.24) is 10.2 Å². The predicted octanol–water partition coefficient (Wildman–Crippen LogP) is 1.49. The van der Waals surface area contributed by atoms with Crippen molar-refractivity contribution in [3.63, 3.8) is 0 Å². The topological polar surface area (TPSA) is 32.3 Å². The molecular formula is C11H20F2N2O. The van der Waals surface area contributed by atoms with E-state index in [1.54, 1.807) is 0 Å². The molecule has 94 valence electrons. The normalized spacial score (nSPS) is 19.7. The highest BCUT2D eigenvalue weighted by atomic mass is 19.3. The fourth-order valence-corrected chi connectivity index (χ4v) is 2.17. The summed E-state index contributed by atoms with van der Waals surface area (Å²) in [6.45, 7) is 3.02. The van der Waals surface area contributed by atoms with Gasteiger partial charge in [0.2, 0.25) is 6.41 Å². The average molecular weight is 234 g/mol. The highest BCUT2D eigenvalue weighted by molar-refractivity contribution is 5.45. The van der Waals surface area contributed by atoms with Crippen LogP contribution in [0.2, 0.25) is 0 Å². The molecular weight excluding hydrogens is 214 g/mol. The lowest BCUT2D eigenvalue weighted by molar-refractivity contribution is -0.109. The molecule has 16 heavy (non-hydrogen) atoms. The van der Waals surface area contributed by atoms with Crippen LogP contribution in [0, 0.1) is 5.92 Å². The van der Waals surface area contributed by atoms with Crippen molar-refractivity contribution < 1.29 is 13.6 Å². The van der Waals surface area contributed by atoms with Crippen molar-refractivity contribution in [2.75, 3.05) is 26.2 Å². The van der Waals surface area contributed by atoms with E-state index in [0.29, 0.717) is 18.9 Å². The molecule has 0 aromatic carbocycles. The summed E-state index contributed by atoms with van der Waals surface area (Å²) in [7, 11) is 0. The van der Waals surface area contributed by atoms with Crippen LogP contribution in [-0.4, -0.2) is 43.4 Å². The highest BCUT2D eigenvalue weighted by Gasteiger charge is 2.27. The molecule has 1 rings (SSSR count). The van der Waals surface area contributed by atoms with Gasteiger partial charge in [0, 0.05) is 13.5 Å². The van der Waals surface area contributed by atoms with Crippen molar-refractivity contribution in [2.24, 2.45) is 5.92 Å². The summed E-state index contributed by atoms with van der Waals surface area (Å²) in [6, 6.07) is 0. The Bertz CT molecular complexity index is 211. The van der Waals surface area contributed by atoms with Crippen LogP contribution in [0.15, 0.2) is 0 Å². The number of halogens is 2. The molecule has 1 saturated heterocycles. The number of likely N-dealkylation sites (tertiary alicyclic amines) is 1. The zero-order chi connectivity index (χ0) is 12.0. The number of carbonyl (C=O) groups is 1. The second-order valence-corrected chi connectivity index (χ2v) is 4.65. The first-order valence-electron chi connectivity index (χ1n) is 5.78. The number of rotatable bonds is 6. The van der Waals surface area contributed by atoms with E-state index >= 15 is 0 Å². The Balaban J connectivity index is 2.16. The van der Waals surface area contributed by atoms with Gasteiger partial charge in [0.25, 0.3) is 5.92 Å². The molecule has 1 heterocycles. The Hall–Kier alpha value is -0.710. The molecule has 1 fully saturated rings. The van der Waals surface area contributed by atoms with Crippen LogP contribution in [0.4, 0.5) is 8.78 Å². The van der Waals surface area contributed by atoms with Gasteiger partial charge in [-0.1, -0.05) is 0 Å². The van der Waals surface area contributed by atoms with Crippen molar-refractivity contribution >= 4 is 6.41 Å². The highest BCUT2D eigenvalue weighted by Crippen LogP contribution is 2.22. The van der Waals surface area contributed by atoms with Gasteiger partial charge in [0.05, 0.1) is 6.54 Å². The lowest BCUT2D eigenvalue weighted by Crippen LogP contribution is -2.40. The maximum atomic E-state index is 12.8. The summed E-state index contributed by atoms with van der Waals surface area (Å²) in [6.07, 6.45) is 3.56. The third kappa shape index (κ3) is 5.39. The molecule has 0 aliphatic carbocycles. The third-order valence-electron chi connectivity index (χ3n) is 2.99. The molecule has 0 spiro atoms. The Morgan fingerprint density at radius 2 is 2.06 bits per heavy atom. The number of hydrogen-bond acceptors (Lipinski definition) is 2. The molecule has 1 N–H and O–H groups in total. The van der Waals surface area contributed by atoms with E-state index < -0.39 is 5.92 Å². The van der Waals surface area contributed by atoms with Crippen molar-refractivity contribution in [3.8, 4) is 0 Å². The van der Waals surface area contributed by atoms with Gasteiger partial charge in [-0.2, -0.15) is 0 Å². The standard InChI is InChI=1S/C11H20F2N2O/c1-11(12,13)8-15-6-3-10(4-7-15)2-5-14-9-16/h9-10H,2-8H2,1H3,(H,14,16). The molecule has 0 saturated carbocycles. The molecule has 0 bridgehead atoms. The number of alkyl halides is 2. The van der Waals surface area contributed by atoms with E-state index in [1.165, 1.54) is 0 Å². The van der Waals surface area contributed by atoms with Crippen LogP contribution >= 0.6 is 0 Å². The maximum Gasteiger partial charge on any atom is 0.257 e. The SMILES string of the molecule is CC(F)(F)CN1CCC(CCNC=O)CC1. The van der Waals surface area contributed by atoms with Gasteiger partial charge in [0.1, 0.15) is 0 Å². The molecule has 1 aliphatic heterocycles. The monoisotopic (exact) mass is 234 g/mol. The van der Waals surface area contributed by atoms with Crippen molar-refractivity contribution in [2.45, 2.75) is 32.1 Å². The van der Waals surface area contributed by atoms with Gasteiger partial charge in [-0.3, -0.25) is 9.69 Å². The van der Waals surface area contributed by atoms with Crippen molar-refractivity contribution in [3.05, 3.63) is 0 Å². The summed E-state index contributed by atoms with van der Waals surface area (Å²) < 4.78 is 25.5. The van der Waals surface area contributed by atoms with Crippen LogP contribution in [0.25, 0.3) is 0 Å². The van der Waals surface area contributed by atoms with Crippen LogP contribution < -0.4 is 5.32 Å². The number of carbonyl (C=O) groups excluding carboxylic acids is 1. The Morgan fingerprint density at radius 3 is 2.56 bits per heavy atom. The molecule has 1 aliphatic rings. The first-order chi connectivity index (χ1) is 7.51. The van der Waals surface area contributed by atoms with E-state index in [-0.39, 0.29) is 6.54 Å². The Kier molecular flexibility index (Phi) is 5.12. The first kappa shape index (κ1) is 13.4. The van der Waals surface area contributed by atoms with Gasteiger partial charge in [-0.05, 0) is 38.3 Å². The molecule has 0 aromatic heterocycles. The van der Waals surface area contributed by atoms with Crippen LogP contribution in [0.3, 0.4) is 0 Å². The van der Waals surface area contributed by atoms with Gasteiger partial charge in [0.15, 0.2) is 0 Å². The smallest absolute Gasteiger partial charge is 0.257 e. The van der Waals surface area contributed by atoms with E-state index in [0.717, 1.165) is 39.3 Å². The molecule has 5 heteroatoms. The maximum absolute atomic E-state index is 12.8. The third-order valence-corrected chi connectivity index (χ3v) is 2.99. The van der Waals surface area contributed by atoms with Crippen LogP contribution in [0.1, 0.15) is 26.2 Å². The number of amides is 1. The van der Waals surface area contributed by atoms with E-state index in [1.807, 2.05) is 4.90 Å². The molecule has 3 nitrogen and oxygen atoms in total. The summed E-state index contributed by atoms with van der Waals surface area (Å²) in [4.78, 5) is 11.9. The zero-order valence-electron chi connectivity index (χ0n) is 9.72. The van der Waals surface area contributed by atoms with E-state index in [9.17, 15) is 13.6 Å². The molecule has 1 amide bonds. The number of nitrogens with one attached hydrogen (secondary N) is 1. The minimum Gasteiger partial charge on any atom is -0.359 e. The Labute approximate surface area is 95.2 Å². The number of piperidine rings is 1. The minimum absolute atomic E-state index is 0.133. The van der Waals surface area contributed by atoms with E-state index in [2.05, 4.69) is 5.32 Å². The number of hydrogen-bond donors (Lipinski definition) is 1. The first-order valence-corrected chi connectivity index (χ1v) is 5.78. The molecule has 0 atom stereocenters.